The number of piperidine rings is 1. The standard InChI is InChI=1S/C10H18N2O6S/c1-3-18-9(15)11-19(16,17)12-6-4-10(2,5-7-12)8(13)14/h3-7H2,1-2H3,(H,11,15)(H,13,14). The molecule has 0 unspecified atom stereocenters. The van der Waals surface area contributed by atoms with Gasteiger partial charge in [-0.1, -0.05) is 0 Å². The van der Waals surface area contributed by atoms with E-state index in [0.29, 0.717) is 0 Å². The van der Waals surface area contributed by atoms with E-state index >= 15 is 0 Å². The molecule has 1 heterocycles. The van der Waals surface area contributed by atoms with Gasteiger partial charge >= 0.3 is 22.3 Å². The Balaban J connectivity index is 2.64. The average Bonchev–Trinajstić information content (AvgIpc) is 2.28. The zero-order valence-electron chi connectivity index (χ0n) is 10.9. The van der Waals surface area contributed by atoms with Crippen LogP contribution in [0.15, 0.2) is 0 Å². The molecule has 0 bridgehead atoms. The molecule has 0 atom stereocenters. The van der Waals surface area contributed by atoms with E-state index in [2.05, 4.69) is 4.74 Å². The van der Waals surface area contributed by atoms with Crippen molar-refractivity contribution in [3.63, 3.8) is 0 Å². The highest BCUT2D eigenvalue weighted by Gasteiger charge is 2.40. The van der Waals surface area contributed by atoms with Crippen LogP contribution in [0.1, 0.15) is 26.7 Å². The van der Waals surface area contributed by atoms with Crippen LogP contribution in [-0.4, -0.2) is 49.6 Å². The van der Waals surface area contributed by atoms with Gasteiger partial charge in [-0.2, -0.15) is 12.7 Å². The number of hydrogen-bond donors (Lipinski definition) is 2. The number of aliphatic carboxylic acids is 1. The first-order valence-electron chi connectivity index (χ1n) is 5.89. The van der Waals surface area contributed by atoms with E-state index in [0.717, 1.165) is 4.31 Å². The van der Waals surface area contributed by atoms with Gasteiger partial charge in [-0.25, -0.2) is 9.52 Å². The average molecular weight is 294 g/mol. The zero-order valence-corrected chi connectivity index (χ0v) is 11.7. The zero-order chi connectivity index (χ0) is 14.7. The summed E-state index contributed by atoms with van der Waals surface area (Å²) in [6, 6.07) is 0. The second-order valence-electron chi connectivity index (χ2n) is 4.59. The van der Waals surface area contributed by atoms with E-state index in [1.54, 1.807) is 18.6 Å². The molecule has 19 heavy (non-hydrogen) atoms. The van der Waals surface area contributed by atoms with Crippen LogP contribution < -0.4 is 4.72 Å². The third-order valence-corrected chi connectivity index (χ3v) is 4.64. The maximum absolute atomic E-state index is 11.8. The summed E-state index contributed by atoms with van der Waals surface area (Å²) in [5.74, 6) is -0.942. The van der Waals surface area contributed by atoms with Crippen molar-refractivity contribution in [1.29, 1.82) is 0 Å². The van der Waals surface area contributed by atoms with Gasteiger partial charge in [-0.15, -0.1) is 0 Å². The van der Waals surface area contributed by atoms with Gasteiger partial charge in [0.05, 0.1) is 12.0 Å². The van der Waals surface area contributed by atoms with Gasteiger partial charge in [-0.05, 0) is 26.7 Å². The molecule has 0 radical (unpaired) electrons. The number of carboxylic acids is 1. The molecule has 1 aliphatic heterocycles. The van der Waals surface area contributed by atoms with Crippen LogP contribution in [0.25, 0.3) is 0 Å². The van der Waals surface area contributed by atoms with Crippen LogP contribution in [-0.2, 0) is 19.7 Å². The number of rotatable bonds is 4. The molecule has 110 valence electrons. The number of ether oxygens (including phenoxy) is 1. The second-order valence-corrected chi connectivity index (χ2v) is 6.26. The Morgan fingerprint density at radius 3 is 2.32 bits per heavy atom. The lowest BCUT2D eigenvalue weighted by Crippen LogP contribution is -2.50. The molecular weight excluding hydrogens is 276 g/mol. The summed E-state index contributed by atoms with van der Waals surface area (Å²) < 4.78 is 31.0. The summed E-state index contributed by atoms with van der Waals surface area (Å²) in [5.41, 5.74) is -0.921. The molecule has 8 nitrogen and oxygen atoms in total. The van der Waals surface area contributed by atoms with Crippen molar-refractivity contribution in [1.82, 2.24) is 9.03 Å². The fourth-order valence-corrected chi connectivity index (χ4v) is 2.83. The monoisotopic (exact) mass is 294 g/mol. The van der Waals surface area contributed by atoms with Gasteiger partial charge in [0.1, 0.15) is 0 Å². The molecule has 9 heteroatoms. The van der Waals surface area contributed by atoms with Gasteiger partial charge in [0.2, 0.25) is 0 Å². The number of amides is 1. The Hall–Kier alpha value is -1.35. The van der Waals surface area contributed by atoms with Crippen molar-refractivity contribution >= 4 is 22.3 Å². The molecule has 0 aromatic carbocycles. The highest BCUT2D eigenvalue weighted by atomic mass is 32.2. The topological polar surface area (TPSA) is 113 Å². The van der Waals surface area contributed by atoms with Gasteiger partial charge in [-0.3, -0.25) is 4.79 Å². The van der Waals surface area contributed by atoms with Gasteiger partial charge < -0.3 is 9.84 Å². The summed E-state index contributed by atoms with van der Waals surface area (Å²) >= 11 is 0. The van der Waals surface area contributed by atoms with Gasteiger partial charge in [0.25, 0.3) is 0 Å². The first kappa shape index (κ1) is 15.7. The van der Waals surface area contributed by atoms with Gasteiger partial charge in [0, 0.05) is 13.1 Å². The van der Waals surface area contributed by atoms with Crippen molar-refractivity contribution in [2.75, 3.05) is 19.7 Å². The number of carboxylic acid groups (broad SMARTS) is 1. The van der Waals surface area contributed by atoms with Crippen molar-refractivity contribution in [3.05, 3.63) is 0 Å². The van der Waals surface area contributed by atoms with Crippen molar-refractivity contribution in [2.45, 2.75) is 26.7 Å². The molecule has 1 saturated heterocycles. The Morgan fingerprint density at radius 1 is 1.37 bits per heavy atom. The lowest BCUT2D eigenvalue weighted by atomic mass is 9.81. The van der Waals surface area contributed by atoms with Crippen LogP contribution in [0.3, 0.4) is 0 Å². The summed E-state index contributed by atoms with van der Waals surface area (Å²) in [6.07, 6.45) is -0.632. The summed E-state index contributed by atoms with van der Waals surface area (Å²) in [7, 11) is -3.96. The molecular formula is C10H18N2O6S. The van der Waals surface area contributed by atoms with Crippen molar-refractivity contribution < 1.29 is 27.9 Å². The molecule has 1 rings (SSSR count). The van der Waals surface area contributed by atoms with E-state index in [9.17, 15) is 18.0 Å². The smallest absolute Gasteiger partial charge is 0.421 e. The molecule has 0 aromatic heterocycles. The molecule has 0 aromatic rings. The molecule has 0 spiro atoms. The number of hydrogen-bond acceptors (Lipinski definition) is 5. The Kier molecular flexibility index (Phi) is 4.75. The minimum Gasteiger partial charge on any atom is -0.481 e. The van der Waals surface area contributed by atoms with Crippen LogP contribution >= 0.6 is 0 Å². The Morgan fingerprint density at radius 2 is 1.89 bits per heavy atom. The number of carbonyl (C=O) groups excluding carboxylic acids is 1. The maximum atomic E-state index is 11.8. The van der Waals surface area contributed by atoms with Gasteiger partial charge in [0.15, 0.2) is 0 Å². The third-order valence-electron chi connectivity index (χ3n) is 3.17. The minimum atomic E-state index is -3.96. The summed E-state index contributed by atoms with van der Waals surface area (Å²) in [5, 5.41) is 9.04. The fraction of sp³-hybridized carbons (Fsp3) is 0.800. The molecule has 0 aliphatic carbocycles. The highest BCUT2D eigenvalue weighted by Crippen LogP contribution is 2.31. The minimum absolute atomic E-state index is 0.0531. The lowest BCUT2D eigenvalue weighted by Gasteiger charge is -2.35. The van der Waals surface area contributed by atoms with E-state index in [1.807, 2.05) is 0 Å². The number of carbonyl (C=O) groups is 2. The van der Waals surface area contributed by atoms with E-state index in [1.165, 1.54) is 0 Å². The highest BCUT2D eigenvalue weighted by molar-refractivity contribution is 7.87. The first-order valence-corrected chi connectivity index (χ1v) is 7.33. The largest absolute Gasteiger partial charge is 0.481 e. The van der Waals surface area contributed by atoms with Crippen molar-refractivity contribution in [2.24, 2.45) is 5.41 Å². The fourth-order valence-electron chi connectivity index (χ4n) is 1.76. The summed E-state index contributed by atoms with van der Waals surface area (Å²) in [6.45, 7) is 3.32. The number of nitrogens with one attached hydrogen (secondary N) is 1. The predicted molar refractivity (Wildman–Crippen MR) is 65.6 cm³/mol. The Labute approximate surface area is 111 Å². The third kappa shape index (κ3) is 3.80. The van der Waals surface area contributed by atoms with Crippen molar-refractivity contribution in [3.8, 4) is 0 Å². The second kappa shape index (κ2) is 5.74. The van der Waals surface area contributed by atoms with Crippen LogP contribution in [0.5, 0.6) is 0 Å². The van der Waals surface area contributed by atoms with E-state index in [-0.39, 0.29) is 32.5 Å². The normalized spacial score (nSPS) is 19.7. The molecule has 0 saturated carbocycles. The Bertz CT molecular complexity index is 453. The molecule has 1 amide bonds. The first-order chi connectivity index (χ1) is 8.71. The van der Waals surface area contributed by atoms with E-state index in [4.69, 9.17) is 5.11 Å². The SMILES string of the molecule is CCOC(=O)NS(=O)(=O)N1CCC(C)(C(=O)O)CC1. The van der Waals surface area contributed by atoms with Crippen LogP contribution in [0.4, 0.5) is 4.79 Å². The summed E-state index contributed by atoms with van der Waals surface area (Å²) in [4.78, 5) is 22.1. The quantitative estimate of drug-likeness (QED) is 0.764. The molecule has 1 fully saturated rings. The van der Waals surface area contributed by atoms with Crippen LogP contribution in [0, 0.1) is 5.41 Å². The number of nitrogens with zero attached hydrogens (tertiary/aromatic N) is 1. The maximum Gasteiger partial charge on any atom is 0.421 e. The van der Waals surface area contributed by atoms with E-state index < -0.39 is 27.7 Å². The van der Waals surface area contributed by atoms with Crippen LogP contribution in [0.2, 0.25) is 0 Å². The molecule has 2 N–H and O–H groups in total. The molecule has 1 aliphatic rings. The predicted octanol–water partition coefficient (Wildman–Crippen LogP) is 0.164. The lowest BCUT2D eigenvalue weighted by molar-refractivity contribution is -0.150.